The molecule has 0 aromatic heterocycles. The Labute approximate surface area is 98.1 Å². The Kier molecular flexibility index (Phi) is 5.64. The van der Waals surface area contributed by atoms with Crippen LogP contribution < -0.4 is 5.32 Å². The molecule has 94 valence electrons. The van der Waals surface area contributed by atoms with Crippen molar-refractivity contribution in [3.8, 4) is 0 Å². The van der Waals surface area contributed by atoms with Crippen LogP contribution in [0, 0.1) is 5.41 Å². The van der Waals surface area contributed by atoms with Gasteiger partial charge in [-0.2, -0.15) is 0 Å². The van der Waals surface area contributed by atoms with Crippen LogP contribution in [0.2, 0.25) is 0 Å². The third-order valence-electron chi connectivity index (χ3n) is 2.07. The molecule has 0 saturated heterocycles. The first kappa shape index (κ1) is 15.1. The van der Waals surface area contributed by atoms with Crippen molar-refractivity contribution in [2.75, 3.05) is 12.0 Å². The molecule has 0 radical (unpaired) electrons. The molecule has 2 unspecified atom stereocenters. The number of aliphatic carboxylic acids is 1. The van der Waals surface area contributed by atoms with Crippen molar-refractivity contribution in [2.24, 2.45) is 5.41 Å². The molecule has 0 aliphatic heterocycles. The summed E-state index contributed by atoms with van der Waals surface area (Å²) in [7, 11) is -0.975. The van der Waals surface area contributed by atoms with Crippen molar-refractivity contribution in [3.05, 3.63) is 0 Å². The van der Waals surface area contributed by atoms with E-state index in [9.17, 15) is 13.8 Å². The summed E-state index contributed by atoms with van der Waals surface area (Å²) in [5.74, 6) is -0.959. The standard InChI is InChI=1S/C10H19NO4S/c1-7(6-16(4)15)11-8(12)5-10(2,3)9(13)14/h7H,5-6H2,1-4H3,(H,11,12)(H,13,14). The van der Waals surface area contributed by atoms with Gasteiger partial charge in [-0.05, 0) is 20.8 Å². The van der Waals surface area contributed by atoms with Crippen molar-refractivity contribution in [2.45, 2.75) is 33.2 Å². The van der Waals surface area contributed by atoms with Gasteiger partial charge in [0.2, 0.25) is 5.91 Å². The predicted molar refractivity (Wildman–Crippen MR) is 62.6 cm³/mol. The van der Waals surface area contributed by atoms with E-state index in [2.05, 4.69) is 5.32 Å². The highest BCUT2D eigenvalue weighted by Crippen LogP contribution is 2.20. The number of carboxylic acid groups (broad SMARTS) is 1. The second-order valence-corrected chi connectivity index (χ2v) is 6.05. The molecule has 0 saturated carbocycles. The van der Waals surface area contributed by atoms with E-state index in [-0.39, 0.29) is 18.4 Å². The monoisotopic (exact) mass is 249 g/mol. The number of nitrogens with one attached hydrogen (secondary N) is 1. The molecular formula is C10H19NO4S. The maximum atomic E-state index is 11.5. The molecule has 0 spiro atoms. The largest absolute Gasteiger partial charge is 0.481 e. The zero-order valence-corrected chi connectivity index (χ0v) is 10.9. The predicted octanol–water partition coefficient (Wildman–Crippen LogP) is 0.370. The molecule has 0 aliphatic rings. The molecule has 1 amide bonds. The lowest BCUT2D eigenvalue weighted by Gasteiger charge is -2.20. The van der Waals surface area contributed by atoms with Gasteiger partial charge < -0.3 is 10.4 Å². The molecule has 0 aliphatic carbocycles. The summed E-state index contributed by atoms with van der Waals surface area (Å²) >= 11 is 0. The number of rotatable bonds is 6. The van der Waals surface area contributed by atoms with Crippen LogP contribution in [-0.4, -0.2) is 39.2 Å². The van der Waals surface area contributed by atoms with Crippen LogP contribution in [0.3, 0.4) is 0 Å². The smallest absolute Gasteiger partial charge is 0.309 e. The summed E-state index contributed by atoms with van der Waals surface area (Å²) in [4.78, 5) is 22.3. The van der Waals surface area contributed by atoms with Gasteiger partial charge in [0, 0.05) is 35.3 Å². The molecule has 16 heavy (non-hydrogen) atoms. The van der Waals surface area contributed by atoms with Gasteiger partial charge in [0.05, 0.1) is 5.41 Å². The minimum Gasteiger partial charge on any atom is -0.481 e. The molecule has 0 heterocycles. The Morgan fingerprint density at radius 1 is 1.44 bits per heavy atom. The highest BCUT2D eigenvalue weighted by molar-refractivity contribution is 7.84. The Morgan fingerprint density at radius 2 is 1.94 bits per heavy atom. The van der Waals surface area contributed by atoms with Gasteiger partial charge in [-0.15, -0.1) is 0 Å². The van der Waals surface area contributed by atoms with Crippen LogP contribution in [0.5, 0.6) is 0 Å². The van der Waals surface area contributed by atoms with E-state index >= 15 is 0 Å². The Balaban J connectivity index is 4.19. The maximum Gasteiger partial charge on any atom is 0.309 e. The van der Waals surface area contributed by atoms with Crippen molar-refractivity contribution in [1.29, 1.82) is 0 Å². The number of hydrogen-bond donors (Lipinski definition) is 2. The maximum absolute atomic E-state index is 11.5. The van der Waals surface area contributed by atoms with Crippen LogP contribution in [0.4, 0.5) is 0 Å². The van der Waals surface area contributed by atoms with Gasteiger partial charge in [0.25, 0.3) is 0 Å². The molecule has 0 aromatic rings. The first-order valence-electron chi connectivity index (χ1n) is 4.98. The molecule has 0 fully saturated rings. The summed E-state index contributed by atoms with van der Waals surface area (Å²) in [5, 5.41) is 11.5. The topological polar surface area (TPSA) is 83.5 Å². The van der Waals surface area contributed by atoms with E-state index in [1.54, 1.807) is 13.2 Å². The molecular weight excluding hydrogens is 230 g/mol. The molecule has 0 aromatic carbocycles. The average molecular weight is 249 g/mol. The zero-order chi connectivity index (χ0) is 12.9. The summed E-state index contributed by atoms with van der Waals surface area (Å²) in [5.41, 5.74) is -1.07. The van der Waals surface area contributed by atoms with Crippen molar-refractivity contribution in [1.82, 2.24) is 5.32 Å². The van der Waals surface area contributed by atoms with Crippen molar-refractivity contribution < 1.29 is 18.9 Å². The van der Waals surface area contributed by atoms with E-state index in [0.29, 0.717) is 5.75 Å². The second kappa shape index (κ2) is 5.98. The lowest BCUT2D eigenvalue weighted by atomic mass is 9.89. The van der Waals surface area contributed by atoms with Gasteiger partial charge in [-0.25, -0.2) is 0 Å². The quantitative estimate of drug-likeness (QED) is 0.712. The molecule has 6 heteroatoms. The number of amides is 1. The van der Waals surface area contributed by atoms with Gasteiger partial charge in [0.1, 0.15) is 0 Å². The van der Waals surface area contributed by atoms with Crippen molar-refractivity contribution >= 4 is 22.7 Å². The molecule has 0 rings (SSSR count). The number of hydrogen-bond acceptors (Lipinski definition) is 3. The van der Waals surface area contributed by atoms with Crippen LogP contribution >= 0.6 is 0 Å². The minimum atomic E-state index is -1.07. The minimum absolute atomic E-state index is 0.0803. The summed E-state index contributed by atoms with van der Waals surface area (Å²) in [6, 6.07) is -0.206. The van der Waals surface area contributed by atoms with Crippen LogP contribution in [-0.2, 0) is 20.4 Å². The first-order valence-corrected chi connectivity index (χ1v) is 6.70. The van der Waals surface area contributed by atoms with E-state index < -0.39 is 22.2 Å². The fraction of sp³-hybridized carbons (Fsp3) is 0.800. The number of carbonyl (C=O) groups is 2. The summed E-state index contributed by atoms with van der Waals surface area (Å²) < 4.78 is 10.9. The van der Waals surface area contributed by atoms with Crippen LogP contribution in [0.1, 0.15) is 27.2 Å². The highest BCUT2D eigenvalue weighted by atomic mass is 32.2. The van der Waals surface area contributed by atoms with E-state index in [4.69, 9.17) is 5.11 Å². The highest BCUT2D eigenvalue weighted by Gasteiger charge is 2.30. The third-order valence-corrected chi connectivity index (χ3v) is 3.04. The second-order valence-electron chi connectivity index (χ2n) is 4.57. The molecule has 0 bridgehead atoms. The number of carbonyl (C=O) groups excluding carboxylic acids is 1. The van der Waals surface area contributed by atoms with Gasteiger partial charge in [-0.1, -0.05) is 0 Å². The zero-order valence-electron chi connectivity index (χ0n) is 10.1. The summed E-state index contributed by atoms with van der Waals surface area (Å²) in [6.07, 6.45) is 1.48. The third kappa shape index (κ3) is 5.85. The Hall–Kier alpha value is -0.910. The fourth-order valence-electron chi connectivity index (χ4n) is 1.20. The van der Waals surface area contributed by atoms with Gasteiger partial charge in [-0.3, -0.25) is 13.8 Å². The van der Waals surface area contributed by atoms with E-state index in [0.717, 1.165) is 0 Å². The van der Waals surface area contributed by atoms with Crippen LogP contribution in [0.15, 0.2) is 0 Å². The average Bonchev–Trinajstić information content (AvgIpc) is 1.99. The van der Waals surface area contributed by atoms with Crippen molar-refractivity contribution in [3.63, 3.8) is 0 Å². The normalized spacial score (nSPS) is 15.2. The molecule has 2 atom stereocenters. The van der Waals surface area contributed by atoms with Crippen LogP contribution in [0.25, 0.3) is 0 Å². The molecule has 5 nitrogen and oxygen atoms in total. The molecule has 2 N–H and O–H groups in total. The number of carboxylic acids is 1. The lowest BCUT2D eigenvalue weighted by molar-refractivity contribution is -0.149. The van der Waals surface area contributed by atoms with Gasteiger partial charge >= 0.3 is 5.97 Å². The van der Waals surface area contributed by atoms with E-state index in [1.807, 2.05) is 0 Å². The first-order chi connectivity index (χ1) is 7.15. The summed E-state index contributed by atoms with van der Waals surface area (Å²) in [6.45, 7) is 4.74. The van der Waals surface area contributed by atoms with Gasteiger partial charge in [0.15, 0.2) is 0 Å². The fourth-order valence-corrected chi connectivity index (χ4v) is 1.98. The SMILES string of the molecule is CC(CS(C)=O)NC(=O)CC(C)(C)C(=O)O. The lowest BCUT2D eigenvalue weighted by Crippen LogP contribution is -2.39. The Morgan fingerprint density at radius 3 is 2.31 bits per heavy atom. The van der Waals surface area contributed by atoms with E-state index in [1.165, 1.54) is 13.8 Å². The Bertz CT molecular complexity index is 301.